The van der Waals surface area contributed by atoms with Crippen LogP contribution in [0.25, 0.3) is 6.08 Å². The van der Waals surface area contributed by atoms with Crippen LogP contribution in [0.1, 0.15) is 50.8 Å². The largest absolute Gasteiger partial charge is 0.0683 e. The zero-order valence-corrected chi connectivity index (χ0v) is 11.9. The molecule has 1 fully saturated rings. The molecule has 0 aliphatic heterocycles. The third-order valence-corrected chi connectivity index (χ3v) is 5.27. The molecule has 1 saturated carbocycles. The molecule has 3 aliphatic carbocycles. The molecule has 4 rings (SSSR count). The fourth-order valence-corrected chi connectivity index (χ4v) is 4.19. The summed E-state index contributed by atoms with van der Waals surface area (Å²) in [4.78, 5) is 0. The van der Waals surface area contributed by atoms with Gasteiger partial charge >= 0.3 is 0 Å². The second kappa shape index (κ2) is 3.60. The van der Waals surface area contributed by atoms with Crippen LogP contribution in [0.4, 0.5) is 0 Å². The van der Waals surface area contributed by atoms with E-state index in [4.69, 9.17) is 0 Å². The predicted octanol–water partition coefficient (Wildman–Crippen LogP) is 4.89. The van der Waals surface area contributed by atoms with Gasteiger partial charge in [-0.1, -0.05) is 69.7 Å². The molecule has 3 aliphatic rings. The van der Waals surface area contributed by atoms with E-state index in [1.54, 1.807) is 16.7 Å². The molecular weight excluding hydrogens is 216 g/mol. The van der Waals surface area contributed by atoms with Crippen LogP contribution in [0.3, 0.4) is 0 Å². The highest BCUT2D eigenvalue weighted by Gasteiger charge is 2.62. The van der Waals surface area contributed by atoms with Gasteiger partial charge in [-0.15, -0.1) is 0 Å². The van der Waals surface area contributed by atoms with Crippen LogP contribution in [-0.4, -0.2) is 0 Å². The first-order valence-electron chi connectivity index (χ1n) is 7.15. The lowest BCUT2D eigenvalue weighted by atomic mass is 9.48. The van der Waals surface area contributed by atoms with Crippen LogP contribution < -0.4 is 0 Å². The van der Waals surface area contributed by atoms with Gasteiger partial charge in [0.15, 0.2) is 0 Å². The Bertz CT molecular complexity index is 561. The Balaban J connectivity index is 0.000000478. The van der Waals surface area contributed by atoms with Crippen molar-refractivity contribution in [3.8, 4) is 0 Å². The molecule has 0 aromatic heterocycles. The molecule has 0 radical (unpaired) electrons. The molecule has 0 N–H and O–H groups in total. The van der Waals surface area contributed by atoms with E-state index in [0.717, 1.165) is 0 Å². The fraction of sp³-hybridized carbons (Fsp3) is 0.444. The summed E-state index contributed by atoms with van der Waals surface area (Å²) in [6.45, 7) is 8.91. The normalized spacial score (nSPS) is 33.7. The quantitative estimate of drug-likeness (QED) is 0.603. The number of hydrogen-bond donors (Lipinski definition) is 0. The molecule has 0 spiro atoms. The minimum Gasteiger partial charge on any atom is -0.0683 e. The van der Waals surface area contributed by atoms with Crippen molar-refractivity contribution in [1.82, 2.24) is 0 Å². The van der Waals surface area contributed by atoms with E-state index in [-0.39, 0.29) is 0 Å². The molecule has 18 heavy (non-hydrogen) atoms. The lowest BCUT2D eigenvalue weighted by Crippen LogP contribution is -2.50. The van der Waals surface area contributed by atoms with E-state index in [1.165, 1.54) is 18.4 Å². The summed E-state index contributed by atoms with van der Waals surface area (Å²) in [5.74, 6) is 0. The molecule has 0 amide bonds. The van der Waals surface area contributed by atoms with Gasteiger partial charge in [0.1, 0.15) is 0 Å². The molecule has 0 heteroatoms. The molecule has 2 unspecified atom stereocenters. The van der Waals surface area contributed by atoms with E-state index in [1.807, 2.05) is 13.8 Å². The number of benzene rings is 1. The average molecular weight is 238 g/mol. The molecule has 0 bridgehead atoms. The fourth-order valence-electron chi connectivity index (χ4n) is 4.19. The van der Waals surface area contributed by atoms with Gasteiger partial charge in [0.05, 0.1) is 0 Å². The Kier molecular flexibility index (Phi) is 2.35. The molecular formula is C18H22. The molecule has 1 aromatic rings. The smallest absolute Gasteiger partial charge is 0.0205 e. The van der Waals surface area contributed by atoms with Gasteiger partial charge in [-0.05, 0) is 34.9 Å². The van der Waals surface area contributed by atoms with Crippen molar-refractivity contribution < 1.29 is 0 Å². The Morgan fingerprint density at radius 3 is 2.61 bits per heavy atom. The predicted molar refractivity (Wildman–Crippen MR) is 78.7 cm³/mol. The molecule has 0 heterocycles. The summed E-state index contributed by atoms with van der Waals surface area (Å²) in [6, 6.07) is 6.80. The van der Waals surface area contributed by atoms with Crippen molar-refractivity contribution in [2.24, 2.45) is 5.41 Å². The summed E-state index contributed by atoms with van der Waals surface area (Å²) in [5.41, 5.74) is 7.07. The second-order valence-corrected chi connectivity index (χ2v) is 5.97. The van der Waals surface area contributed by atoms with Crippen molar-refractivity contribution >= 4 is 6.08 Å². The first kappa shape index (κ1) is 11.8. The lowest BCUT2D eigenvalue weighted by molar-refractivity contribution is 0.123. The molecule has 94 valence electrons. The van der Waals surface area contributed by atoms with E-state index < -0.39 is 0 Å². The van der Waals surface area contributed by atoms with Crippen molar-refractivity contribution in [3.05, 3.63) is 52.6 Å². The van der Waals surface area contributed by atoms with Crippen molar-refractivity contribution in [3.63, 3.8) is 0 Å². The summed E-state index contributed by atoms with van der Waals surface area (Å²) >= 11 is 0. The van der Waals surface area contributed by atoms with E-state index in [9.17, 15) is 0 Å². The maximum absolute atomic E-state index is 2.46. The van der Waals surface area contributed by atoms with Crippen LogP contribution in [0.2, 0.25) is 0 Å². The third-order valence-electron chi connectivity index (χ3n) is 5.27. The zero-order valence-electron chi connectivity index (χ0n) is 11.9. The van der Waals surface area contributed by atoms with Gasteiger partial charge in [-0.3, -0.25) is 0 Å². The van der Waals surface area contributed by atoms with Crippen LogP contribution in [-0.2, 0) is 11.8 Å². The highest BCUT2D eigenvalue weighted by molar-refractivity contribution is 5.69. The number of hydrogen-bond acceptors (Lipinski definition) is 0. The molecule has 2 atom stereocenters. The van der Waals surface area contributed by atoms with E-state index in [2.05, 4.69) is 50.3 Å². The standard InChI is InChI=1S/C16H16.C2H6/c1-15-9-12-7-3-5-11-6-4-8-13(10-15)16(15,2)14(11)12;1-2/h3-8H,9-10H2,1-2H3;1-2H3. The Hall–Kier alpha value is -1.30. The third kappa shape index (κ3) is 1.12. The SMILES string of the molecule is CC.CC12CC3=CC=Cc4cccc(c4C31C)C2. The summed E-state index contributed by atoms with van der Waals surface area (Å²) < 4.78 is 0. The Morgan fingerprint density at radius 1 is 1.06 bits per heavy atom. The maximum atomic E-state index is 2.46. The number of rotatable bonds is 0. The van der Waals surface area contributed by atoms with Gasteiger partial charge in [0.25, 0.3) is 0 Å². The van der Waals surface area contributed by atoms with Crippen LogP contribution >= 0.6 is 0 Å². The Labute approximate surface area is 110 Å². The van der Waals surface area contributed by atoms with Gasteiger partial charge in [-0.2, -0.15) is 0 Å². The van der Waals surface area contributed by atoms with Crippen LogP contribution in [0.5, 0.6) is 0 Å². The van der Waals surface area contributed by atoms with Gasteiger partial charge in [0, 0.05) is 5.41 Å². The summed E-state index contributed by atoms with van der Waals surface area (Å²) in [7, 11) is 0. The first-order chi connectivity index (χ1) is 8.65. The lowest BCUT2D eigenvalue weighted by Gasteiger charge is -2.55. The molecule has 0 saturated heterocycles. The minimum absolute atomic E-state index is 0.322. The summed E-state index contributed by atoms with van der Waals surface area (Å²) in [6.07, 6.45) is 9.39. The molecule has 1 aromatic carbocycles. The van der Waals surface area contributed by atoms with Gasteiger partial charge < -0.3 is 0 Å². The number of allylic oxidation sites excluding steroid dienone is 3. The van der Waals surface area contributed by atoms with Crippen molar-refractivity contribution in [2.75, 3.05) is 0 Å². The van der Waals surface area contributed by atoms with Crippen molar-refractivity contribution in [2.45, 2.75) is 46.0 Å². The van der Waals surface area contributed by atoms with Crippen LogP contribution in [0.15, 0.2) is 35.9 Å². The monoisotopic (exact) mass is 238 g/mol. The second-order valence-electron chi connectivity index (χ2n) is 5.97. The minimum atomic E-state index is 0.322. The van der Waals surface area contributed by atoms with Crippen LogP contribution in [0, 0.1) is 5.41 Å². The highest BCUT2D eigenvalue weighted by Crippen LogP contribution is 2.68. The highest BCUT2D eigenvalue weighted by atomic mass is 14.6. The van der Waals surface area contributed by atoms with Gasteiger partial charge in [-0.25, -0.2) is 0 Å². The summed E-state index contributed by atoms with van der Waals surface area (Å²) in [5, 5.41) is 0. The average Bonchev–Trinajstić information content (AvgIpc) is 2.48. The van der Waals surface area contributed by atoms with Crippen molar-refractivity contribution in [1.29, 1.82) is 0 Å². The van der Waals surface area contributed by atoms with E-state index >= 15 is 0 Å². The topological polar surface area (TPSA) is 0 Å². The first-order valence-corrected chi connectivity index (χ1v) is 7.15. The maximum Gasteiger partial charge on any atom is 0.0205 e. The van der Waals surface area contributed by atoms with E-state index in [0.29, 0.717) is 10.8 Å². The zero-order chi connectivity index (χ0) is 13.0. The Morgan fingerprint density at radius 2 is 1.83 bits per heavy atom. The van der Waals surface area contributed by atoms with Gasteiger partial charge in [0.2, 0.25) is 0 Å². The molecule has 0 nitrogen and oxygen atoms in total.